The van der Waals surface area contributed by atoms with Crippen LogP contribution in [0.15, 0.2) is 23.1 Å². The quantitative estimate of drug-likeness (QED) is 0.726. The number of nitrogens with zero attached hydrogens (tertiary/aromatic N) is 1. The third-order valence-electron chi connectivity index (χ3n) is 3.59. The molecule has 0 aliphatic carbocycles. The van der Waals surface area contributed by atoms with Crippen LogP contribution in [-0.4, -0.2) is 52.6 Å². The van der Waals surface area contributed by atoms with E-state index in [1.54, 1.807) is 13.0 Å². The molecule has 1 aliphatic rings. The van der Waals surface area contributed by atoms with E-state index in [-0.39, 0.29) is 29.7 Å². The Kier molecular flexibility index (Phi) is 10.2. The van der Waals surface area contributed by atoms with Gasteiger partial charge in [0.1, 0.15) is 10.7 Å². The second kappa shape index (κ2) is 10.4. The van der Waals surface area contributed by atoms with Gasteiger partial charge in [-0.05, 0) is 31.5 Å². The molecule has 1 aromatic carbocycles. The molecule has 0 saturated carbocycles. The summed E-state index contributed by atoms with van der Waals surface area (Å²) in [5, 5.41) is 3.27. The highest BCUT2D eigenvalue weighted by Crippen LogP contribution is 2.18. The summed E-state index contributed by atoms with van der Waals surface area (Å²) in [4.78, 5) is 2.05. The molecule has 0 atom stereocenters. The average molecular weight is 388 g/mol. The molecule has 2 N–H and O–H groups in total. The first-order valence-electron chi connectivity index (χ1n) is 7.18. The van der Waals surface area contributed by atoms with Crippen LogP contribution in [0.2, 0.25) is 0 Å². The van der Waals surface area contributed by atoms with Crippen molar-refractivity contribution in [1.29, 1.82) is 0 Å². The molecular weight excluding hydrogens is 364 g/mol. The third kappa shape index (κ3) is 6.52. The lowest BCUT2D eigenvalue weighted by Gasteiger charge is -2.27. The van der Waals surface area contributed by atoms with Gasteiger partial charge in [-0.15, -0.1) is 24.8 Å². The van der Waals surface area contributed by atoms with Gasteiger partial charge in [0.25, 0.3) is 0 Å². The predicted molar refractivity (Wildman–Crippen MR) is 94.7 cm³/mol. The number of piperazine rings is 1. The molecule has 1 aliphatic heterocycles. The van der Waals surface area contributed by atoms with E-state index >= 15 is 0 Å². The van der Waals surface area contributed by atoms with Crippen molar-refractivity contribution in [1.82, 2.24) is 14.9 Å². The Morgan fingerprint density at radius 1 is 1.26 bits per heavy atom. The Labute approximate surface area is 149 Å². The smallest absolute Gasteiger partial charge is 0.243 e. The normalized spacial score (nSPS) is 15.6. The lowest BCUT2D eigenvalue weighted by Crippen LogP contribution is -2.44. The largest absolute Gasteiger partial charge is 0.314 e. The summed E-state index contributed by atoms with van der Waals surface area (Å²) in [6.45, 7) is 6.68. The Balaban J connectivity index is 0.00000242. The highest BCUT2D eigenvalue weighted by atomic mass is 35.5. The van der Waals surface area contributed by atoms with Crippen LogP contribution in [-0.2, 0) is 10.0 Å². The summed E-state index contributed by atoms with van der Waals surface area (Å²) < 4.78 is 40.5. The summed E-state index contributed by atoms with van der Waals surface area (Å²) in [6.07, 6.45) is 0.715. The molecule has 134 valence electrons. The van der Waals surface area contributed by atoms with Crippen molar-refractivity contribution < 1.29 is 12.8 Å². The minimum Gasteiger partial charge on any atom is -0.314 e. The molecule has 2 rings (SSSR count). The number of sulfonamides is 1. The number of hydrogen-bond acceptors (Lipinski definition) is 4. The summed E-state index contributed by atoms with van der Waals surface area (Å²) in [7, 11) is -3.78. The first-order chi connectivity index (χ1) is 10.0. The van der Waals surface area contributed by atoms with Crippen molar-refractivity contribution >= 4 is 34.8 Å². The van der Waals surface area contributed by atoms with Gasteiger partial charge in [-0.1, -0.05) is 12.1 Å². The monoisotopic (exact) mass is 387 g/mol. The maximum absolute atomic E-state index is 13.7. The average Bonchev–Trinajstić information content (AvgIpc) is 2.44. The van der Waals surface area contributed by atoms with Gasteiger partial charge < -0.3 is 10.2 Å². The van der Waals surface area contributed by atoms with Crippen molar-refractivity contribution in [3.63, 3.8) is 0 Å². The minimum absolute atomic E-state index is 0. The minimum atomic E-state index is -3.78. The van der Waals surface area contributed by atoms with Gasteiger partial charge in [0.05, 0.1) is 0 Å². The number of halogens is 3. The SMILES string of the molecule is Cc1cccc(F)c1S(=O)(=O)NCCCN1CCNCC1.Cl.Cl. The molecule has 23 heavy (non-hydrogen) atoms. The molecule has 1 fully saturated rings. The van der Waals surface area contributed by atoms with E-state index in [1.165, 1.54) is 12.1 Å². The molecule has 0 spiro atoms. The third-order valence-corrected chi connectivity index (χ3v) is 5.22. The summed E-state index contributed by atoms with van der Waals surface area (Å²) in [5.41, 5.74) is 0.421. The standard InChI is InChI=1S/C14H22FN3O2S.2ClH/c1-12-4-2-5-13(15)14(12)21(19,20)17-6-3-9-18-10-7-16-8-11-18;;/h2,4-5,16-17H,3,6-11H2,1H3;2*1H. The zero-order valence-corrected chi connectivity index (χ0v) is 15.5. The highest BCUT2D eigenvalue weighted by molar-refractivity contribution is 7.89. The van der Waals surface area contributed by atoms with E-state index in [4.69, 9.17) is 0 Å². The molecule has 1 heterocycles. The van der Waals surface area contributed by atoms with Crippen LogP contribution in [0.5, 0.6) is 0 Å². The van der Waals surface area contributed by atoms with Gasteiger partial charge in [-0.25, -0.2) is 17.5 Å². The van der Waals surface area contributed by atoms with Gasteiger partial charge in [-0.2, -0.15) is 0 Å². The molecule has 5 nitrogen and oxygen atoms in total. The first-order valence-corrected chi connectivity index (χ1v) is 8.67. The van der Waals surface area contributed by atoms with Gasteiger partial charge in [0, 0.05) is 32.7 Å². The fraction of sp³-hybridized carbons (Fsp3) is 0.571. The maximum Gasteiger partial charge on any atom is 0.243 e. The van der Waals surface area contributed by atoms with Crippen LogP contribution in [0.4, 0.5) is 4.39 Å². The zero-order valence-electron chi connectivity index (χ0n) is 13.0. The van der Waals surface area contributed by atoms with Crippen molar-refractivity contribution in [2.75, 3.05) is 39.3 Å². The van der Waals surface area contributed by atoms with E-state index < -0.39 is 15.8 Å². The van der Waals surface area contributed by atoms with Crippen molar-refractivity contribution in [2.24, 2.45) is 0 Å². The van der Waals surface area contributed by atoms with Crippen LogP contribution in [0.25, 0.3) is 0 Å². The second-order valence-electron chi connectivity index (χ2n) is 5.23. The molecule has 9 heteroatoms. The van der Waals surface area contributed by atoms with E-state index in [2.05, 4.69) is 14.9 Å². The number of nitrogens with one attached hydrogen (secondary N) is 2. The van der Waals surface area contributed by atoms with Crippen LogP contribution in [0.1, 0.15) is 12.0 Å². The molecule has 1 saturated heterocycles. The topological polar surface area (TPSA) is 61.4 Å². The Morgan fingerprint density at radius 3 is 2.52 bits per heavy atom. The predicted octanol–water partition coefficient (Wildman–Crippen LogP) is 1.55. The van der Waals surface area contributed by atoms with Crippen molar-refractivity contribution in [3.8, 4) is 0 Å². The molecular formula is C14H24Cl2FN3O2S. The van der Waals surface area contributed by atoms with E-state index in [9.17, 15) is 12.8 Å². The number of benzene rings is 1. The van der Waals surface area contributed by atoms with Gasteiger partial charge in [0.15, 0.2) is 0 Å². The molecule has 1 aromatic rings. The summed E-state index contributed by atoms with van der Waals surface area (Å²) in [6, 6.07) is 4.27. The van der Waals surface area contributed by atoms with Crippen LogP contribution in [0.3, 0.4) is 0 Å². The lowest BCUT2D eigenvalue weighted by atomic mass is 10.2. The van der Waals surface area contributed by atoms with Gasteiger partial charge >= 0.3 is 0 Å². The van der Waals surface area contributed by atoms with Crippen LogP contribution in [0, 0.1) is 12.7 Å². The summed E-state index contributed by atoms with van der Waals surface area (Å²) in [5.74, 6) is -0.704. The van der Waals surface area contributed by atoms with Crippen LogP contribution >= 0.6 is 24.8 Å². The highest BCUT2D eigenvalue weighted by Gasteiger charge is 2.20. The fourth-order valence-electron chi connectivity index (χ4n) is 2.47. The number of rotatable bonds is 6. The molecule has 0 unspecified atom stereocenters. The second-order valence-corrected chi connectivity index (χ2v) is 6.93. The number of hydrogen-bond donors (Lipinski definition) is 2. The van der Waals surface area contributed by atoms with Gasteiger partial charge in [-0.3, -0.25) is 0 Å². The Bertz CT molecular complexity index is 561. The maximum atomic E-state index is 13.7. The molecule has 0 radical (unpaired) electrons. The van der Waals surface area contributed by atoms with Crippen molar-refractivity contribution in [2.45, 2.75) is 18.2 Å². The van der Waals surface area contributed by atoms with E-state index in [0.29, 0.717) is 18.5 Å². The van der Waals surface area contributed by atoms with E-state index in [1.807, 2.05) is 0 Å². The number of aryl methyl sites for hydroxylation is 1. The molecule has 0 bridgehead atoms. The van der Waals surface area contributed by atoms with Gasteiger partial charge in [0.2, 0.25) is 10.0 Å². The Hall–Kier alpha value is -0.440. The van der Waals surface area contributed by atoms with E-state index in [0.717, 1.165) is 32.7 Å². The summed E-state index contributed by atoms with van der Waals surface area (Å²) >= 11 is 0. The fourth-order valence-corrected chi connectivity index (χ4v) is 3.85. The van der Waals surface area contributed by atoms with Crippen molar-refractivity contribution in [3.05, 3.63) is 29.6 Å². The molecule has 0 amide bonds. The lowest BCUT2D eigenvalue weighted by molar-refractivity contribution is 0.239. The van der Waals surface area contributed by atoms with Crippen LogP contribution < -0.4 is 10.0 Å². The first kappa shape index (κ1) is 22.6. The zero-order chi connectivity index (χ0) is 15.3. The molecule has 0 aromatic heterocycles. The Morgan fingerprint density at radius 2 is 1.91 bits per heavy atom.